The summed E-state index contributed by atoms with van der Waals surface area (Å²) in [6.07, 6.45) is 5.45. The van der Waals surface area contributed by atoms with Crippen molar-refractivity contribution in [2.75, 3.05) is 5.88 Å². The van der Waals surface area contributed by atoms with Crippen molar-refractivity contribution in [1.29, 1.82) is 0 Å². The molecule has 0 radical (unpaired) electrons. The molecule has 0 N–H and O–H groups in total. The van der Waals surface area contributed by atoms with Crippen LogP contribution < -0.4 is 0 Å². The Morgan fingerprint density at radius 3 is 2.44 bits per heavy atom. The van der Waals surface area contributed by atoms with Crippen molar-refractivity contribution < 1.29 is 4.79 Å². The van der Waals surface area contributed by atoms with Gasteiger partial charge in [-0.1, -0.05) is 39.3 Å². The van der Waals surface area contributed by atoms with Crippen molar-refractivity contribution in [3.8, 4) is 0 Å². The van der Waals surface area contributed by atoms with Gasteiger partial charge in [-0.15, -0.1) is 11.6 Å². The highest BCUT2D eigenvalue weighted by molar-refractivity contribution is 6.19. The lowest BCUT2D eigenvalue weighted by atomic mass is 9.81. The first kappa shape index (κ1) is 15.7. The van der Waals surface area contributed by atoms with Gasteiger partial charge in [0.05, 0.1) is 0 Å². The smallest absolute Gasteiger partial charge is 0.133 e. The first-order chi connectivity index (χ1) is 7.41. The number of ketones is 1. The first-order valence-electron chi connectivity index (χ1n) is 6.15. The molecule has 0 aromatic heterocycles. The number of unbranched alkanes of at least 4 members (excludes halogenated alkanes) is 1. The quantitative estimate of drug-likeness (QED) is 0.423. The van der Waals surface area contributed by atoms with E-state index in [2.05, 4.69) is 27.4 Å². The summed E-state index contributed by atoms with van der Waals surface area (Å²) in [7, 11) is 0. The molecule has 0 aromatic rings. The Hall–Kier alpha value is -0.300. The van der Waals surface area contributed by atoms with E-state index in [-0.39, 0.29) is 5.41 Å². The maximum Gasteiger partial charge on any atom is 0.133 e. The van der Waals surface area contributed by atoms with E-state index in [4.69, 9.17) is 11.6 Å². The van der Waals surface area contributed by atoms with Gasteiger partial charge < -0.3 is 0 Å². The summed E-state index contributed by atoms with van der Waals surface area (Å²) >= 11 is 5.69. The lowest BCUT2D eigenvalue weighted by Gasteiger charge is -2.24. The van der Waals surface area contributed by atoms with Crippen molar-refractivity contribution in [2.45, 2.75) is 59.3 Å². The second kappa shape index (κ2) is 7.89. The normalized spacial score (nSPS) is 11.5. The Labute approximate surface area is 105 Å². The standard InChI is InChI=1S/C14H25ClO/c1-5-6-7-13(16)10-14(3,4)9-8-12(2)11-15/h2,5-11H2,1,3-4H3. The van der Waals surface area contributed by atoms with Crippen LogP contribution in [0.15, 0.2) is 12.2 Å². The van der Waals surface area contributed by atoms with Gasteiger partial charge in [-0.05, 0) is 24.7 Å². The van der Waals surface area contributed by atoms with Crippen LogP contribution in [0.25, 0.3) is 0 Å². The second-order valence-electron chi connectivity index (χ2n) is 5.37. The maximum atomic E-state index is 11.7. The zero-order valence-corrected chi connectivity index (χ0v) is 11.7. The molecule has 0 aliphatic carbocycles. The van der Waals surface area contributed by atoms with Gasteiger partial charge in [0, 0.05) is 18.7 Å². The maximum absolute atomic E-state index is 11.7. The summed E-state index contributed by atoms with van der Waals surface area (Å²) in [5.74, 6) is 0.920. The van der Waals surface area contributed by atoms with Crippen LogP contribution in [0.1, 0.15) is 59.3 Å². The number of carbonyl (C=O) groups excluding carboxylic acids is 1. The number of carbonyl (C=O) groups is 1. The molecule has 0 bridgehead atoms. The van der Waals surface area contributed by atoms with Crippen LogP contribution in [-0.2, 0) is 4.79 Å². The molecule has 0 saturated heterocycles. The number of Topliss-reactive ketones (excluding diaryl/α,β-unsaturated/α-hetero) is 1. The van der Waals surface area contributed by atoms with Gasteiger partial charge in [-0.3, -0.25) is 4.79 Å². The van der Waals surface area contributed by atoms with Crippen LogP contribution in [0, 0.1) is 5.41 Å². The lowest BCUT2D eigenvalue weighted by molar-refractivity contribution is -0.121. The fourth-order valence-electron chi connectivity index (χ4n) is 1.67. The van der Waals surface area contributed by atoms with E-state index >= 15 is 0 Å². The number of hydrogen-bond donors (Lipinski definition) is 0. The van der Waals surface area contributed by atoms with Gasteiger partial charge in [0.2, 0.25) is 0 Å². The topological polar surface area (TPSA) is 17.1 Å². The Morgan fingerprint density at radius 2 is 1.94 bits per heavy atom. The van der Waals surface area contributed by atoms with E-state index in [0.29, 0.717) is 18.1 Å². The average Bonchev–Trinajstić information content (AvgIpc) is 2.22. The van der Waals surface area contributed by atoms with Crippen LogP contribution >= 0.6 is 11.6 Å². The summed E-state index contributed by atoms with van der Waals surface area (Å²) in [5.41, 5.74) is 1.15. The van der Waals surface area contributed by atoms with Gasteiger partial charge in [0.25, 0.3) is 0 Å². The molecule has 16 heavy (non-hydrogen) atoms. The molecule has 0 amide bonds. The molecular formula is C14H25ClO. The monoisotopic (exact) mass is 244 g/mol. The van der Waals surface area contributed by atoms with Crippen molar-refractivity contribution in [1.82, 2.24) is 0 Å². The van der Waals surface area contributed by atoms with Crippen LogP contribution in [0.4, 0.5) is 0 Å². The van der Waals surface area contributed by atoms with Crippen molar-refractivity contribution in [3.63, 3.8) is 0 Å². The van der Waals surface area contributed by atoms with E-state index < -0.39 is 0 Å². The van der Waals surface area contributed by atoms with Crippen LogP contribution in [0.2, 0.25) is 0 Å². The molecule has 1 nitrogen and oxygen atoms in total. The summed E-state index contributed by atoms with van der Waals surface area (Å²) in [6.45, 7) is 10.3. The SMILES string of the molecule is C=C(CCl)CCC(C)(C)CC(=O)CCCC. The third-order valence-electron chi connectivity index (χ3n) is 2.83. The minimum absolute atomic E-state index is 0.0832. The van der Waals surface area contributed by atoms with E-state index in [1.807, 2.05) is 0 Å². The van der Waals surface area contributed by atoms with Gasteiger partial charge in [0.15, 0.2) is 0 Å². The molecule has 0 atom stereocenters. The molecule has 0 spiro atoms. The Kier molecular flexibility index (Phi) is 7.74. The lowest BCUT2D eigenvalue weighted by Crippen LogP contribution is -2.17. The van der Waals surface area contributed by atoms with Crippen molar-refractivity contribution >= 4 is 17.4 Å². The van der Waals surface area contributed by atoms with E-state index in [1.54, 1.807) is 0 Å². The number of hydrogen-bond acceptors (Lipinski definition) is 1. The summed E-state index contributed by atoms with van der Waals surface area (Å²) in [4.78, 5) is 11.7. The Morgan fingerprint density at radius 1 is 1.31 bits per heavy atom. The molecule has 0 rings (SSSR count). The molecule has 0 unspecified atom stereocenters. The predicted molar refractivity (Wildman–Crippen MR) is 72.0 cm³/mol. The number of halogens is 1. The summed E-state index contributed by atoms with van der Waals surface area (Å²) in [6, 6.07) is 0. The molecule has 0 fully saturated rings. The molecular weight excluding hydrogens is 220 g/mol. The molecule has 0 heterocycles. The Bertz CT molecular complexity index is 231. The van der Waals surface area contributed by atoms with Crippen LogP contribution in [0.3, 0.4) is 0 Å². The van der Waals surface area contributed by atoms with Crippen LogP contribution in [0.5, 0.6) is 0 Å². The molecule has 0 aliphatic heterocycles. The zero-order valence-electron chi connectivity index (χ0n) is 10.9. The Balaban J connectivity index is 3.93. The molecule has 2 heteroatoms. The van der Waals surface area contributed by atoms with Crippen molar-refractivity contribution in [3.05, 3.63) is 12.2 Å². The highest BCUT2D eigenvalue weighted by Crippen LogP contribution is 2.29. The van der Waals surface area contributed by atoms with Gasteiger partial charge in [0.1, 0.15) is 5.78 Å². The minimum Gasteiger partial charge on any atom is -0.300 e. The molecule has 0 saturated carbocycles. The third-order valence-corrected chi connectivity index (χ3v) is 3.21. The second-order valence-corrected chi connectivity index (χ2v) is 5.63. The first-order valence-corrected chi connectivity index (χ1v) is 6.69. The number of rotatable bonds is 9. The summed E-state index contributed by atoms with van der Waals surface area (Å²) in [5, 5.41) is 0. The number of alkyl halides is 1. The molecule has 0 aromatic carbocycles. The average molecular weight is 245 g/mol. The van der Waals surface area contributed by atoms with E-state index in [9.17, 15) is 4.79 Å². The van der Waals surface area contributed by atoms with Gasteiger partial charge in [-0.2, -0.15) is 0 Å². The van der Waals surface area contributed by atoms with E-state index in [0.717, 1.165) is 37.7 Å². The van der Waals surface area contributed by atoms with Gasteiger partial charge in [-0.25, -0.2) is 0 Å². The fraction of sp³-hybridized carbons (Fsp3) is 0.786. The fourth-order valence-corrected chi connectivity index (χ4v) is 1.80. The predicted octanol–water partition coefficient (Wildman–Crippen LogP) is 4.74. The van der Waals surface area contributed by atoms with Gasteiger partial charge >= 0.3 is 0 Å². The highest BCUT2D eigenvalue weighted by atomic mass is 35.5. The highest BCUT2D eigenvalue weighted by Gasteiger charge is 2.21. The van der Waals surface area contributed by atoms with E-state index in [1.165, 1.54) is 0 Å². The molecule has 0 aliphatic rings. The number of allylic oxidation sites excluding steroid dienone is 1. The third kappa shape index (κ3) is 7.92. The zero-order chi connectivity index (χ0) is 12.6. The van der Waals surface area contributed by atoms with Crippen molar-refractivity contribution in [2.24, 2.45) is 5.41 Å². The minimum atomic E-state index is 0.0832. The summed E-state index contributed by atoms with van der Waals surface area (Å²) < 4.78 is 0. The largest absolute Gasteiger partial charge is 0.300 e. The van der Waals surface area contributed by atoms with Crippen LogP contribution in [-0.4, -0.2) is 11.7 Å². The molecule has 94 valence electrons.